The quantitative estimate of drug-likeness (QED) is 0.685. The second-order valence-corrected chi connectivity index (χ2v) is 6.66. The number of hydrogen-bond acceptors (Lipinski definition) is 2. The first kappa shape index (κ1) is 15.0. The molecule has 1 aliphatic rings. The average molecular weight is 341 g/mol. The van der Waals surface area contributed by atoms with Crippen molar-refractivity contribution in [1.82, 2.24) is 0 Å². The molecule has 1 aromatic heterocycles. The van der Waals surface area contributed by atoms with Gasteiger partial charge in [0, 0.05) is 28.2 Å². The van der Waals surface area contributed by atoms with E-state index in [4.69, 9.17) is 0 Å². The third kappa shape index (κ3) is 2.61. The summed E-state index contributed by atoms with van der Waals surface area (Å²) in [6.07, 6.45) is 0.335. The fourth-order valence-electron chi connectivity index (χ4n) is 3.03. The molecule has 0 saturated heterocycles. The summed E-state index contributed by atoms with van der Waals surface area (Å²) in [7, 11) is 0. The lowest BCUT2D eigenvalue weighted by Gasteiger charge is -2.24. The van der Waals surface area contributed by atoms with Crippen molar-refractivity contribution >= 4 is 22.9 Å². The van der Waals surface area contributed by atoms with E-state index >= 15 is 0 Å². The lowest BCUT2D eigenvalue weighted by Crippen LogP contribution is -2.22. The Kier molecular flexibility index (Phi) is 3.65. The number of nitrogens with one attached hydrogen (secondary N) is 1. The number of halogens is 2. The molecule has 0 aliphatic carbocycles. The Bertz CT molecular complexity index is 900. The van der Waals surface area contributed by atoms with Crippen LogP contribution in [-0.4, -0.2) is 5.91 Å². The highest BCUT2D eigenvalue weighted by Crippen LogP contribution is 2.46. The maximum atomic E-state index is 13.2. The van der Waals surface area contributed by atoms with Crippen molar-refractivity contribution in [1.29, 1.82) is 0 Å². The maximum Gasteiger partial charge on any atom is 0.225 e. The normalized spacial score (nSPS) is 16.6. The average Bonchev–Trinajstić information content (AvgIpc) is 2.99. The van der Waals surface area contributed by atoms with E-state index in [1.807, 2.05) is 5.38 Å². The van der Waals surface area contributed by atoms with E-state index in [1.165, 1.54) is 24.3 Å². The number of thiophene rings is 1. The van der Waals surface area contributed by atoms with E-state index in [-0.39, 0.29) is 23.5 Å². The molecule has 0 fully saturated rings. The molecule has 0 spiro atoms. The van der Waals surface area contributed by atoms with Crippen LogP contribution in [0.2, 0.25) is 0 Å². The minimum Gasteiger partial charge on any atom is -0.325 e. The molecule has 1 aliphatic heterocycles. The summed E-state index contributed by atoms with van der Waals surface area (Å²) >= 11 is 1.56. The molecule has 24 heavy (non-hydrogen) atoms. The van der Waals surface area contributed by atoms with E-state index in [2.05, 4.69) is 5.32 Å². The van der Waals surface area contributed by atoms with E-state index in [1.54, 1.807) is 35.6 Å². The minimum atomic E-state index is -0.295. The Morgan fingerprint density at radius 3 is 2.25 bits per heavy atom. The minimum absolute atomic E-state index is 0.0708. The first-order valence-electron chi connectivity index (χ1n) is 7.54. The Morgan fingerprint density at radius 1 is 0.958 bits per heavy atom. The molecule has 1 amide bonds. The molecule has 4 rings (SSSR count). The lowest BCUT2D eigenvalue weighted by atomic mass is 9.89. The topological polar surface area (TPSA) is 29.1 Å². The molecule has 0 radical (unpaired) electrons. The van der Waals surface area contributed by atoms with Crippen molar-refractivity contribution in [3.8, 4) is 11.1 Å². The van der Waals surface area contributed by atoms with Crippen molar-refractivity contribution in [2.45, 2.75) is 12.3 Å². The summed E-state index contributed by atoms with van der Waals surface area (Å²) in [5, 5.41) is 4.91. The molecular formula is C19H13F2NOS. The highest BCUT2D eigenvalue weighted by atomic mass is 32.1. The summed E-state index contributed by atoms with van der Waals surface area (Å²) in [5.41, 5.74) is 3.43. The van der Waals surface area contributed by atoms with Gasteiger partial charge in [-0.25, -0.2) is 8.78 Å². The molecule has 0 unspecified atom stereocenters. The molecule has 0 bridgehead atoms. The molecule has 120 valence electrons. The Morgan fingerprint density at radius 2 is 1.58 bits per heavy atom. The van der Waals surface area contributed by atoms with Gasteiger partial charge in [-0.05, 0) is 35.4 Å². The van der Waals surface area contributed by atoms with E-state index in [0.717, 1.165) is 27.3 Å². The number of benzene rings is 2. The summed E-state index contributed by atoms with van der Waals surface area (Å²) in [4.78, 5) is 13.2. The standard InChI is InChI=1S/C19H13F2NOS/c20-13-5-1-11(2-6-13)15-9-17(23)22-18-16(10-24-19(15)18)12-3-7-14(21)8-4-12/h1-8,10,15H,9H2,(H,22,23)/t15-/m1/s1. The zero-order valence-corrected chi connectivity index (χ0v) is 13.4. The number of carbonyl (C=O) groups is 1. The van der Waals surface area contributed by atoms with Crippen LogP contribution in [0.15, 0.2) is 53.9 Å². The molecule has 2 aromatic carbocycles. The number of rotatable bonds is 2. The summed E-state index contributed by atoms with van der Waals surface area (Å²) < 4.78 is 26.3. The van der Waals surface area contributed by atoms with Gasteiger partial charge in [-0.15, -0.1) is 11.3 Å². The zero-order valence-electron chi connectivity index (χ0n) is 12.6. The summed E-state index contributed by atoms with van der Waals surface area (Å²) in [6.45, 7) is 0. The first-order valence-corrected chi connectivity index (χ1v) is 8.42. The zero-order chi connectivity index (χ0) is 16.7. The van der Waals surface area contributed by atoms with E-state index in [9.17, 15) is 13.6 Å². The third-order valence-electron chi connectivity index (χ3n) is 4.22. The molecule has 5 heteroatoms. The van der Waals surface area contributed by atoms with Crippen LogP contribution in [0.25, 0.3) is 11.1 Å². The van der Waals surface area contributed by atoms with Gasteiger partial charge in [-0.3, -0.25) is 4.79 Å². The summed E-state index contributed by atoms with van der Waals surface area (Å²) in [5.74, 6) is -0.749. The Labute approximate surface area is 141 Å². The predicted octanol–water partition coefficient (Wildman–Crippen LogP) is 5.17. The van der Waals surface area contributed by atoms with Crippen LogP contribution in [0.4, 0.5) is 14.5 Å². The van der Waals surface area contributed by atoms with Crippen LogP contribution in [-0.2, 0) is 4.79 Å². The molecule has 2 heterocycles. The van der Waals surface area contributed by atoms with Crippen molar-refractivity contribution in [2.24, 2.45) is 0 Å². The number of amides is 1. The van der Waals surface area contributed by atoms with Crippen LogP contribution < -0.4 is 5.32 Å². The van der Waals surface area contributed by atoms with Crippen LogP contribution in [0, 0.1) is 11.6 Å². The molecular weight excluding hydrogens is 328 g/mol. The smallest absolute Gasteiger partial charge is 0.225 e. The van der Waals surface area contributed by atoms with Gasteiger partial charge in [0.05, 0.1) is 5.69 Å². The molecule has 1 atom stereocenters. The second kappa shape index (κ2) is 5.83. The lowest BCUT2D eigenvalue weighted by molar-refractivity contribution is -0.116. The van der Waals surface area contributed by atoms with Gasteiger partial charge in [0.2, 0.25) is 5.91 Å². The molecule has 3 aromatic rings. The van der Waals surface area contributed by atoms with Crippen molar-refractivity contribution < 1.29 is 13.6 Å². The fourth-order valence-corrected chi connectivity index (χ4v) is 4.19. The van der Waals surface area contributed by atoms with Gasteiger partial charge in [0.1, 0.15) is 11.6 Å². The van der Waals surface area contributed by atoms with E-state index < -0.39 is 0 Å². The van der Waals surface area contributed by atoms with Gasteiger partial charge in [0.15, 0.2) is 0 Å². The Balaban J connectivity index is 1.80. The Hall–Kier alpha value is -2.53. The second-order valence-electron chi connectivity index (χ2n) is 5.75. The van der Waals surface area contributed by atoms with Gasteiger partial charge in [-0.1, -0.05) is 24.3 Å². The van der Waals surface area contributed by atoms with Crippen molar-refractivity contribution in [3.63, 3.8) is 0 Å². The molecule has 2 nitrogen and oxygen atoms in total. The van der Waals surface area contributed by atoms with Crippen LogP contribution in [0.1, 0.15) is 22.8 Å². The number of fused-ring (bicyclic) bond motifs is 1. The van der Waals surface area contributed by atoms with Gasteiger partial charge < -0.3 is 5.32 Å². The highest BCUT2D eigenvalue weighted by Gasteiger charge is 2.30. The molecule has 0 saturated carbocycles. The maximum absolute atomic E-state index is 13.2. The number of anilines is 1. The van der Waals surface area contributed by atoms with E-state index in [0.29, 0.717) is 6.42 Å². The van der Waals surface area contributed by atoms with Crippen LogP contribution in [0.3, 0.4) is 0 Å². The highest BCUT2D eigenvalue weighted by molar-refractivity contribution is 7.11. The monoisotopic (exact) mass is 341 g/mol. The SMILES string of the molecule is O=C1C[C@H](c2ccc(F)cc2)c2scc(-c3ccc(F)cc3)c2N1. The number of hydrogen-bond donors (Lipinski definition) is 1. The first-order chi connectivity index (χ1) is 11.6. The third-order valence-corrected chi connectivity index (χ3v) is 5.31. The van der Waals surface area contributed by atoms with Gasteiger partial charge >= 0.3 is 0 Å². The summed E-state index contributed by atoms with van der Waals surface area (Å²) in [6, 6.07) is 12.5. The van der Waals surface area contributed by atoms with Crippen LogP contribution >= 0.6 is 11.3 Å². The van der Waals surface area contributed by atoms with Crippen LogP contribution in [0.5, 0.6) is 0 Å². The van der Waals surface area contributed by atoms with Crippen molar-refractivity contribution in [2.75, 3.05) is 5.32 Å². The van der Waals surface area contributed by atoms with Gasteiger partial charge in [-0.2, -0.15) is 0 Å². The van der Waals surface area contributed by atoms with Crippen molar-refractivity contribution in [3.05, 3.63) is 76.0 Å². The van der Waals surface area contributed by atoms with Gasteiger partial charge in [0.25, 0.3) is 0 Å². The number of carbonyl (C=O) groups excluding carboxylic acids is 1. The predicted molar refractivity (Wildman–Crippen MR) is 91.2 cm³/mol. The largest absolute Gasteiger partial charge is 0.325 e. The fraction of sp³-hybridized carbons (Fsp3) is 0.105. The molecule has 1 N–H and O–H groups in total.